The van der Waals surface area contributed by atoms with E-state index < -0.39 is 0 Å². The fraction of sp³-hybridized carbons (Fsp3) is 0.938. The second-order valence-corrected chi connectivity index (χ2v) is 7.31. The average Bonchev–Trinajstić information content (AvgIpc) is 2.88. The molecule has 1 saturated carbocycles. The van der Waals surface area contributed by atoms with Crippen molar-refractivity contribution >= 4 is 5.91 Å². The molecule has 1 aliphatic carbocycles. The Bertz CT molecular complexity index is 331. The van der Waals surface area contributed by atoms with E-state index in [9.17, 15) is 4.79 Å². The molecule has 3 fully saturated rings. The lowest BCUT2D eigenvalue weighted by Gasteiger charge is -2.46. The maximum atomic E-state index is 12.7. The lowest BCUT2D eigenvalue weighted by molar-refractivity contribution is -0.143. The second-order valence-electron chi connectivity index (χ2n) is 7.31. The van der Waals surface area contributed by atoms with Crippen molar-refractivity contribution in [2.45, 2.75) is 58.3 Å². The minimum atomic E-state index is -0.0291. The Hall–Kier alpha value is -0.570. The molecule has 3 aliphatic rings. The van der Waals surface area contributed by atoms with Crippen LogP contribution in [0.4, 0.5) is 0 Å². The predicted molar refractivity (Wildman–Crippen MR) is 76.9 cm³/mol. The zero-order valence-corrected chi connectivity index (χ0v) is 12.3. The van der Waals surface area contributed by atoms with Crippen LogP contribution in [0.2, 0.25) is 0 Å². The molecule has 3 heteroatoms. The van der Waals surface area contributed by atoms with E-state index in [2.05, 4.69) is 17.1 Å². The minimum Gasteiger partial charge on any atom is -0.342 e. The van der Waals surface area contributed by atoms with Gasteiger partial charge in [-0.15, -0.1) is 0 Å². The molecule has 2 aliphatic heterocycles. The number of nitrogens with zero attached hydrogens (tertiary/aromatic N) is 1. The summed E-state index contributed by atoms with van der Waals surface area (Å²) in [5, 5.41) is 3.46. The van der Waals surface area contributed by atoms with Crippen molar-refractivity contribution in [1.29, 1.82) is 0 Å². The van der Waals surface area contributed by atoms with Gasteiger partial charge in [0, 0.05) is 18.5 Å². The fourth-order valence-electron chi connectivity index (χ4n) is 4.39. The van der Waals surface area contributed by atoms with Crippen molar-refractivity contribution in [1.82, 2.24) is 10.2 Å². The molecule has 0 aromatic rings. The Morgan fingerprint density at radius 3 is 2.11 bits per heavy atom. The number of nitrogens with one attached hydrogen (secondary N) is 1. The highest BCUT2D eigenvalue weighted by molar-refractivity contribution is 5.82. The van der Waals surface area contributed by atoms with Crippen LogP contribution in [-0.2, 0) is 4.79 Å². The molecule has 0 radical (unpaired) electrons. The van der Waals surface area contributed by atoms with Gasteiger partial charge < -0.3 is 10.2 Å². The highest BCUT2D eigenvalue weighted by atomic mass is 16.2. The fourth-order valence-corrected chi connectivity index (χ4v) is 4.39. The first-order chi connectivity index (χ1) is 9.14. The topological polar surface area (TPSA) is 32.3 Å². The molecule has 2 saturated heterocycles. The molecule has 3 rings (SSSR count). The summed E-state index contributed by atoms with van der Waals surface area (Å²) >= 11 is 0. The van der Waals surface area contributed by atoms with E-state index in [1.807, 2.05) is 0 Å². The molecule has 1 spiro atoms. The monoisotopic (exact) mass is 264 g/mol. The zero-order chi connectivity index (χ0) is 13.3. The number of rotatable bonds is 1. The number of hydrogen-bond acceptors (Lipinski definition) is 2. The SMILES string of the molecule is CC1(C(=O)N2CCC3(CCNCC3)CC2)CCCC1. The van der Waals surface area contributed by atoms with Crippen LogP contribution in [0.1, 0.15) is 58.3 Å². The van der Waals surface area contributed by atoms with Gasteiger partial charge in [-0.2, -0.15) is 0 Å². The summed E-state index contributed by atoms with van der Waals surface area (Å²) in [6.07, 6.45) is 9.79. The summed E-state index contributed by atoms with van der Waals surface area (Å²) in [7, 11) is 0. The molecule has 1 amide bonds. The van der Waals surface area contributed by atoms with Gasteiger partial charge in [0.25, 0.3) is 0 Å². The molecular formula is C16H28N2O. The van der Waals surface area contributed by atoms with Crippen LogP contribution < -0.4 is 5.32 Å². The van der Waals surface area contributed by atoms with E-state index >= 15 is 0 Å². The van der Waals surface area contributed by atoms with Gasteiger partial charge in [0.2, 0.25) is 5.91 Å². The number of carbonyl (C=O) groups excluding carboxylic acids is 1. The average molecular weight is 264 g/mol. The third-order valence-electron chi connectivity index (χ3n) is 6.00. The molecule has 3 nitrogen and oxygen atoms in total. The lowest BCUT2D eigenvalue weighted by atomic mass is 9.71. The number of piperidine rings is 2. The minimum absolute atomic E-state index is 0.0291. The Kier molecular flexibility index (Phi) is 3.59. The molecule has 0 bridgehead atoms. The molecule has 0 atom stereocenters. The lowest BCUT2D eigenvalue weighted by Crippen LogP contribution is -2.50. The van der Waals surface area contributed by atoms with E-state index in [4.69, 9.17) is 0 Å². The van der Waals surface area contributed by atoms with Gasteiger partial charge in [-0.05, 0) is 57.0 Å². The summed E-state index contributed by atoms with van der Waals surface area (Å²) < 4.78 is 0. The van der Waals surface area contributed by atoms with Gasteiger partial charge in [0.05, 0.1) is 0 Å². The summed E-state index contributed by atoms with van der Waals surface area (Å²) in [6, 6.07) is 0. The molecular weight excluding hydrogens is 236 g/mol. The highest BCUT2D eigenvalue weighted by Gasteiger charge is 2.42. The summed E-state index contributed by atoms with van der Waals surface area (Å²) in [6.45, 7) is 6.55. The van der Waals surface area contributed by atoms with Gasteiger partial charge in [-0.3, -0.25) is 4.79 Å². The van der Waals surface area contributed by atoms with Crippen LogP contribution >= 0.6 is 0 Å². The van der Waals surface area contributed by atoms with Crippen molar-refractivity contribution in [2.75, 3.05) is 26.2 Å². The third kappa shape index (κ3) is 2.54. The quantitative estimate of drug-likeness (QED) is 0.789. The Morgan fingerprint density at radius 2 is 1.53 bits per heavy atom. The molecule has 1 N–H and O–H groups in total. The third-order valence-corrected chi connectivity index (χ3v) is 6.00. The highest BCUT2D eigenvalue weighted by Crippen LogP contribution is 2.43. The standard InChI is InChI=1S/C16H28N2O/c1-15(4-2-3-5-15)14(19)18-12-8-16(9-13-18)6-10-17-11-7-16/h17H,2-13H2,1H3. The maximum absolute atomic E-state index is 12.7. The Labute approximate surface area is 117 Å². The van der Waals surface area contributed by atoms with Crippen LogP contribution in [0.3, 0.4) is 0 Å². The largest absolute Gasteiger partial charge is 0.342 e. The molecule has 0 aromatic heterocycles. The first-order valence-electron chi connectivity index (χ1n) is 8.14. The van der Waals surface area contributed by atoms with E-state index in [-0.39, 0.29) is 5.41 Å². The molecule has 108 valence electrons. The zero-order valence-electron chi connectivity index (χ0n) is 12.3. The van der Waals surface area contributed by atoms with Crippen LogP contribution in [-0.4, -0.2) is 37.0 Å². The first kappa shape index (κ1) is 13.4. The van der Waals surface area contributed by atoms with Crippen molar-refractivity contribution in [2.24, 2.45) is 10.8 Å². The summed E-state index contributed by atoms with van der Waals surface area (Å²) in [5.74, 6) is 0.453. The number of carbonyl (C=O) groups is 1. The van der Waals surface area contributed by atoms with Gasteiger partial charge in [0.1, 0.15) is 0 Å². The van der Waals surface area contributed by atoms with Gasteiger partial charge >= 0.3 is 0 Å². The summed E-state index contributed by atoms with van der Waals surface area (Å²) in [4.78, 5) is 14.9. The second kappa shape index (κ2) is 5.08. The normalized spacial score (nSPS) is 29.6. The van der Waals surface area contributed by atoms with Crippen molar-refractivity contribution in [3.63, 3.8) is 0 Å². The Morgan fingerprint density at radius 1 is 0.947 bits per heavy atom. The van der Waals surface area contributed by atoms with Gasteiger partial charge in [-0.1, -0.05) is 19.8 Å². The van der Waals surface area contributed by atoms with Crippen LogP contribution in [0.5, 0.6) is 0 Å². The predicted octanol–water partition coefficient (Wildman–Crippen LogP) is 2.56. The smallest absolute Gasteiger partial charge is 0.228 e. The number of amides is 1. The van der Waals surface area contributed by atoms with E-state index in [0.29, 0.717) is 11.3 Å². The van der Waals surface area contributed by atoms with Gasteiger partial charge in [-0.25, -0.2) is 0 Å². The molecule has 0 aromatic carbocycles. The van der Waals surface area contributed by atoms with Crippen LogP contribution in [0.15, 0.2) is 0 Å². The maximum Gasteiger partial charge on any atom is 0.228 e. The van der Waals surface area contributed by atoms with Crippen LogP contribution in [0, 0.1) is 10.8 Å². The Balaban J connectivity index is 1.59. The van der Waals surface area contributed by atoms with Crippen molar-refractivity contribution in [3.05, 3.63) is 0 Å². The summed E-state index contributed by atoms with van der Waals surface area (Å²) in [5.41, 5.74) is 0.525. The van der Waals surface area contributed by atoms with Crippen LogP contribution in [0.25, 0.3) is 0 Å². The van der Waals surface area contributed by atoms with E-state index in [0.717, 1.165) is 25.9 Å². The van der Waals surface area contributed by atoms with E-state index in [1.165, 1.54) is 51.6 Å². The molecule has 19 heavy (non-hydrogen) atoms. The van der Waals surface area contributed by atoms with E-state index in [1.54, 1.807) is 0 Å². The van der Waals surface area contributed by atoms with Crippen molar-refractivity contribution in [3.8, 4) is 0 Å². The van der Waals surface area contributed by atoms with Crippen molar-refractivity contribution < 1.29 is 4.79 Å². The molecule has 0 unspecified atom stereocenters. The number of hydrogen-bond donors (Lipinski definition) is 1. The molecule has 2 heterocycles. The van der Waals surface area contributed by atoms with Gasteiger partial charge in [0.15, 0.2) is 0 Å². The number of likely N-dealkylation sites (tertiary alicyclic amines) is 1. The first-order valence-corrected chi connectivity index (χ1v) is 8.14.